The number of halogens is 1. The second-order valence-electron chi connectivity index (χ2n) is 4.60. The number of hydrogen-bond donors (Lipinski definition) is 1. The SMILES string of the molecule is CCOc1ccc(C(C)=NNC(=O)c2ccc(F)cc2)cc1. The lowest BCUT2D eigenvalue weighted by molar-refractivity contribution is 0.0955. The van der Waals surface area contributed by atoms with Crippen LogP contribution in [0.15, 0.2) is 53.6 Å². The molecule has 0 spiro atoms. The van der Waals surface area contributed by atoms with Gasteiger partial charge in [0.15, 0.2) is 0 Å². The molecule has 0 atom stereocenters. The lowest BCUT2D eigenvalue weighted by atomic mass is 10.1. The van der Waals surface area contributed by atoms with Crippen LogP contribution in [0, 0.1) is 5.82 Å². The quantitative estimate of drug-likeness (QED) is 0.680. The Morgan fingerprint density at radius 3 is 2.27 bits per heavy atom. The molecule has 2 aromatic rings. The number of nitrogens with zero attached hydrogens (tertiary/aromatic N) is 1. The lowest BCUT2D eigenvalue weighted by Gasteiger charge is -2.05. The minimum absolute atomic E-state index is 0.352. The van der Waals surface area contributed by atoms with E-state index in [1.807, 2.05) is 31.2 Å². The molecule has 0 aliphatic rings. The summed E-state index contributed by atoms with van der Waals surface area (Å²) >= 11 is 0. The number of carbonyl (C=O) groups is 1. The van der Waals surface area contributed by atoms with Crippen LogP contribution in [-0.4, -0.2) is 18.2 Å². The van der Waals surface area contributed by atoms with E-state index in [9.17, 15) is 9.18 Å². The molecular weight excluding hydrogens is 283 g/mol. The Hall–Kier alpha value is -2.69. The van der Waals surface area contributed by atoms with E-state index in [4.69, 9.17) is 4.74 Å². The topological polar surface area (TPSA) is 50.7 Å². The van der Waals surface area contributed by atoms with E-state index in [2.05, 4.69) is 10.5 Å². The van der Waals surface area contributed by atoms with E-state index in [-0.39, 0.29) is 11.7 Å². The Bertz CT molecular complexity index is 664. The largest absolute Gasteiger partial charge is 0.494 e. The Morgan fingerprint density at radius 2 is 1.68 bits per heavy atom. The van der Waals surface area contributed by atoms with Crippen molar-refractivity contribution in [2.24, 2.45) is 5.10 Å². The van der Waals surface area contributed by atoms with Crippen LogP contribution in [0.3, 0.4) is 0 Å². The Balaban J connectivity index is 2.02. The van der Waals surface area contributed by atoms with Crippen LogP contribution in [0.25, 0.3) is 0 Å². The summed E-state index contributed by atoms with van der Waals surface area (Å²) in [7, 11) is 0. The van der Waals surface area contributed by atoms with Gasteiger partial charge in [0.05, 0.1) is 12.3 Å². The minimum Gasteiger partial charge on any atom is -0.494 e. The van der Waals surface area contributed by atoms with Gasteiger partial charge >= 0.3 is 0 Å². The van der Waals surface area contributed by atoms with Crippen LogP contribution in [0.1, 0.15) is 29.8 Å². The predicted molar refractivity (Wildman–Crippen MR) is 83.7 cm³/mol. The molecule has 0 aliphatic heterocycles. The van der Waals surface area contributed by atoms with Crippen LogP contribution in [0.5, 0.6) is 5.75 Å². The van der Waals surface area contributed by atoms with Gasteiger partial charge in [0.1, 0.15) is 11.6 Å². The van der Waals surface area contributed by atoms with Crippen molar-refractivity contribution < 1.29 is 13.9 Å². The molecule has 1 N–H and O–H groups in total. The number of hydrogen-bond acceptors (Lipinski definition) is 3. The van der Waals surface area contributed by atoms with Gasteiger partial charge in [-0.2, -0.15) is 5.10 Å². The molecule has 4 nitrogen and oxygen atoms in total. The van der Waals surface area contributed by atoms with Crippen LogP contribution in [0.4, 0.5) is 4.39 Å². The first-order chi connectivity index (χ1) is 10.6. The summed E-state index contributed by atoms with van der Waals surface area (Å²) in [5, 5.41) is 4.05. The predicted octanol–water partition coefficient (Wildman–Crippen LogP) is 3.38. The van der Waals surface area contributed by atoms with E-state index in [1.54, 1.807) is 6.92 Å². The van der Waals surface area contributed by atoms with Crippen LogP contribution in [0.2, 0.25) is 0 Å². The molecule has 0 saturated heterocycles. The number of rotatable bonds is 5. The minimum atomic E-state index is -0.384. The molecule has 1 amide bonds. The van der Waals surface area contributed by atoms with Crippen LogP contribution < -0.4 is 10.2 Å². The summed E-state index contributed by atoms with van der Waals surface area (Å²) < 4.78 is 18.2. The zero-order valence-corrected chi connectivity index (χ0v) is 12.5. The van der Waals surface area contributed by atoms with Crippen molar-refractivity contribution >= 4 is 11.6 Å². The van der Waals surface area contributed by atoms with Crippen molar-refractivity contribution in [2.75, 3.05) is 6.61 Å². The number of nitrogens with one attached hydrogen (secondary N) is 1. The van der Waals surface area contributed by atoms with Gasteiger partial charge in [-0.05, 0) is 67.9 Å². The van der Waals surface area contributed by atoms with Crippen molar-refractivity contribution in [1.29, 1.82) is 0 Å². The van der Waals surface area contributed by atoms with Gasteiger partial charge in [-0.3, -0.25) is 4.79 Å². The van der Waals surface area contributed by atoms with Crippen molar-refractivity contribution in [3.63, 3.8) is 0 Å². The van der Waals surface area contributed by atoms with Crippen LogP contribution >= 0.6 is 0 Å². The highest BCUT2D eigenvalue weighted by atomic mass is 19.1. The zero-order chi connectivity index (χ0) is 15.9. The molecule has 2 aromatic carbocycles. The summed E-state index contributed by atoms with van der Waals surface area (Å²) in [5.41, 5.74) is 4.35. The molecule has 2 rings (SSSR count). The summed E-state index contributed by atoms with van der Waals surface area (Å²) in [4.78, 5) is 11.9. The van der Waals surface area contributed by atoms with Gasteiger partial charge in [0.25, 0.3) is 5.91 Å². The van der Waals surface area contributed by atoms with Crippen molar-refractivity contribution in [1.82, 2.24) is 5.43 Å². The third-order valence-electron chi connectivity index (χ3n) is 3.01. The Labute approximate surface area is 128 Å². The summed E-state index contributed by atoms with van der Waals surface area (Å²) in [6.07, 6.45) is 0. The molecular formula is C17H17FN2O2. The number of ether oxygens (including phenoxy) is 1. The maximum absolute atomic E-state index is 12.8. The van der Waals surface area contributed by atoms with E-state index in [0.29, 0.717) is 17.9 Å². The van der Waals surface area contributed by atoms with Gasteiger partial charge in [0, 0.05) is 5.56 Å². The van der Waals surface area contributed by atoms with E-state index in [1.165, 1.54) is 24.3 Å². The first-order valence-electron chi connectivity index (χ1n) is 6.93. The van der Waals surface area contributed by atoms with E-state index in [0.717, 1.165) is 11.3 Å². The number of hydrazone groups is 1. The third-order valence-corrected chi connectivity index (χ3v) is 3.01. The highest BCUT2D eigenvalue weighted by molar-refractivity contribution is 6.00. The second kappa shape index (κ2) is 7.36. The molecule has 0 fully saturated rings. The standard InChI is InChI=1S/C17H17FN2O2/c1-3-22-16-10-6-13(7-11-16)12(2)19-20-17(21)14-4-8-15(18)9-5-14/h4-11H,3H2,1-2H3,(H,20,21). The first kappa shape index (κ1) is 15.7. The Morgan fingerprint density at radius 1 is 1.09 bits per heavy atom. The molecule has 0 bridgehead atoms. The van der Waals surface area contributed by atoms with Crippen molar-refractivity contribution in [3.05, 3.63) is 65.5 Å². The van der Waals surface area contributed by atoms with Gasteiger partial charge < -0.3 is 4.74 Å². The number of carbonyl (C=O) groups excluding carboxylic acids is 1. The molecule has 0 aromatic heterocycles. The smallest absolute Gasteiger partial charge is 0.271 e. The number of benzene rings is 2. The molecule has 5 heteroatoms. The average Bonchev–Trinajstić information content (AvgIpc) is 2.54. The average molecular weight is 300 g/mol. The highest BCUT2D eigenvalue weighted by Crippen LogP contribution is 2.12. The van der Waals surface area contributed by atoms with Gasteiger partial charge in [-0.25, -0.2) is 9.82 Å². The molecule has 0 unspecified atom stereocenters. The number of amides is 1. The zero-order valence-electron chi connectivity index (χ0n) is 12.5. The lowest BCUT2D eigenvalue weighted by Crippen LogP contribution is -2.19. The van der Waals surface area contributed by atoms with Gasteiger partial charge in [-0.15, -0.1) is 0 Å². The van der Waals surface area contributed by atoms with E-state index >= 15 is 0 Å². The normalized spacial score (nSPS) is 11.1. The molecule has 22 heavy (non-hydrogen) atoms. The summed E-state index contributed by atoms with van der Waals surface area (Å²) in [6.45, 7) is 4.33. The summed E-state index contributed by atoms with van der Waals surface area (Å²) in [6, 6.07) is 12.7. The fraction of sp³-hybridized carbons (Fsp3) is 0.176. The maximum Gasteiger partial charge on any atom is 0.271 e. The third kappa shape index (κ3) is 4.15. The molecule has 0 saturated carbocycles. The van der Waals surface area contributed by atoms with Crippen molar-refractivity contribution in [2.45, 2.75) is 13.8 Å². The monoisotopic (exact) mass is 300 g/mol. The summed E-state index contributed by atoms with van der Waals surface area (Å²) in [5.74, 6) is 0.0188. The van der Waals surface area contributed by atoms with Gasteiger partial charge in [-0.1, -0.05) is 0 Å². The molecule has 0 aliphatic carbocycles. The van der Waals surface area contributed by atoms with E-state index < -0.39 is 0 Å². The van der Waals surface area contributed by atoms with Crippen molar-refractivity contribution in [3.8, 4) is 5.75 Å². The molecule has 0 radical (unpaired) electrons. The Kier molecular flexibility index (Phi) is 5.25. The maximum atomic E-state index is 12.8. The fourth-order valence-corrected chi connectivity index (χ4v) is 1.82. The fourth-order valence-electron chi connectivity index (χ4n) is 1.82. The molecule has 0 heterocycles. The second-order valence-corrected chi connectivity index (χ2v) is 4.60. The first-order valence-corrected chi connectivity index (χ1v) is 6.93. The van der Waals surface area contributed by atoms with Crippen LogP contribution in [-0.2, 0) is 0 Å². The molecule has 114 valence electrons. The van der Waals surface area contributed by atoms with Gasteiger partial charge in [0.2, 0.25) is 0 Å². The highest BCUT2D eigenvalue weighted by Gasteiger charge is 2.05.